The molecule has 3 aliphatic rings. The van der Waals surface area contributed by atoms with Crippen molar-refractivity contribution >= 4 is 11.1 Å². The standard InChI is InChI=1S/C19H14O2/c1-2-4-12(5-3-1)13-6-7-14-15(8-13)17-10-19-18(9-16(14)17)20-11-21-19/h1-7,9-10,15H,8,11H2. The van der Waals surface area contributed by atoms with Crippen molar-refractivity contribution in [1.29, 1.82) is 0 Å². The van der Waals surface area contributed by atoms with Crippen LogP contribution in [0.4, 0.5) is 0 Å². The zero-order valence-corrected chi connectivity index (χ0v) is 11.5. The third kappa shape index (κ3) is 1.53. The van der Waals surface area contributed by atoms with Crippen molar-refractivity contribution in [2.75, 3.05) is 6.79 Å². The topological polar surface area (TPSA) is 18.5 Å². The van der Waals surface area contributed by atoms with Gasteiger partial charge in [0.2, 0.25) is 6.79 Å². The Hall–Kier alpha value is -2.48. The van der Waals surface area contributed by atoms with Gasteiger partial charge in [-0.15, -0.1) is 0 Å². The summed E-state index contributed by atoms with van der Waals surface area (Å²) in [6, 6.07) is 14.9. The van der Waals surface area contributed by atoms with E-state index in [9.17, 15) is 0 Å². The summed E-state index contributed by atoms with van der Waals surface area (Å²) in [5, 5.41) is 0. The SMILES string of the molecule is C1=C(c2ccccc2)CC2C(=C1)c1cc3c(cc12)OCO3. The van der Waals surface area contributed by atoms with E-state index in [1.165, 1.54) is 27.8 Å². The molecule has 2 aliphatic carbocycles. The molecule has 0 radical (unpaired) electrons. The molecule has 0 bridgehead atoms. The molecule has 1 atom stereocenters. The molecule has 2 nitrogen and oxygen atoms in total. The van der Waals surface area contributed by atoms with Crippen LogP contribution in [0.25, 0.3) is 11.1 Å². The van der Waals surface area contributed by atoms with E-state index >= 15 is 0 Å². The maximum atomic E-state index is 5.50. The third-order valence-electron chi connectivity index (χ3n) is 4.64. The molecule has 1 aliphatic heterocycles. The van der Waals surface area contributed by atoms with E-state index in [1.54, 1.807) is 0 Å². The third-order valence-corrected chi connectivity index (χ3v) is 4.64. The molecule has 2 aromatic carbocycles. The highest BCUT2D eigenvalue weighted by molar-refractivity contribution is 5.91. The number of benzene rings is 2. The molecule has 0 saturated heterocycles. The molecular formula is C19H14O2. The van der Waals surface area contributed by atoms with Gasteiger partial charge in [-0.05, 0) is 46.4 Å². The molecule has 2 aromatic rings. The Morgan fingerprint density at radius 3 is 2.57 bits per heavy atom. The van der Waals surface area contributed by atoms with Crippen LogP contribution < -0.4 is 9.47 Å². The van der Waals surface area contributed by atoms with Gasteiger partial charge in [-0.1, -0.05) is 42.5 Å². The van der Waals surface area contributed by atoms with Gasteiger partial charge in [0, 0.05) is 5.92 Å². The lowest BCUT2D eigenvalue weighted by molar-refractivity contribution is 0.174. The molecule has 0 spiro atoms. The maximum absolute atomic E-state index is 5.50. The summed E-state index contributed by atoms with van der Waals surface area (Å²) in [4.78, 5) is 0. The summed E-state index contributed by atoms with van der Waals surface area (Å²) in [6.45, 7) is 0.343. The van der Waals surface area contributed by atoms with Gasteiger partial charge in [-0.25, -0.2) is 0 Å². The smallest absolute Gasteiger partial charge is 0.231 e. The van der Waals surface area contributed by atoms with Crippen molar-refractivity contribution in [2.45, 2.75) is 12.3 Å². The molecule has 0 fully saturated rings. The summed E-state index contributed by atoms with van der Waals surface area (Å²) in [7, 11) is 0. The van der Waals surface area contributed by atoms with Crippen LogP contribution in [0.3, 0.4) is 0 Å². The van der Waals surface area contributed by atoms with Crippen LogP contribution in [0, 0.1) is 0 Å². The Balaban J connectivity index is 1.56. The zero-order chi connectivity index (χ0) is 13.8. The highest BCUT2D eigenvalue weighted by Gasteiger charge is 2.36. The predicted octanol–water partition coefficient (Wildman–Crippen LogP) is 4.38. The van der Waals surface area contributed by atoms with E-state index in [1.807, 2.05) is 0 Å². The van der Waals surface area contributed by atoms with Gasteiger partial charge in [0.25, 0.3) is 0 Å². The second kappa shape index (κ2) is 4.01. The van der Waals surface area contributed by atoms with E-state index in [0.717, 1.165) is 17.9 Å². The second-order valence-electron chi connectivity index (χ2n) is 5.73. The van der Waals surface area contributed by atoms with Gasteiger partial charge in [0.15, 0.2) is 11.5 Å². The first-order valence-electron chi connectivity index (χ1n) is 7.30. The van der Waals surface area contributed by atoms with E-state index < -0.39 is 0 Å². The van der Waals surface area contributed by atoms with Gasteiger partial charge in [0.05, 0.1) is 0 Å². The first-order chi connectivity index (χ1) is 10.4. The van der Waals surface area contributed by atoms with Crippen LogP contribution >= 0.6 is 0 Å². The number of allylic oxidation sites excluding steroid dienone is 4. The Morgan fingerprint density at radius 1 is 0.905 bits per heavy atom. The minimum absolute atomic E-state index is 0.343. The van der Waals surface area contributed by atoms with Crippen molar-refractivity contribution < 1.29 is 9.47 Å². The normalized spacial score (nSPS) is 20.9. The number of hydrogen-bond acceptors (Lipinski definition) is 2. The molecule has 21 heavy (non-hydrogen) atoms. The fourth-order valence-corrected chi connectivity index (χ4v) is 3.54. The Kier molecular flexibility index (Phi) is 2.14. The van der Waals surface area contributed by atoms with Gasteiger partial charge in [-0.3, -0.25) is 0 Å². The first kappa shape index (κ1) is 11.2. The lowest BCUT2D eigenvalue weighted by atomic mass is 9.67. The highest BCUT2D eigenvalue weighted by atomic mass is 16.7. The first-order valence-corrected chi connectivity index (χ1v) is 7.30. The number of fused-ring (bicyclic) bond motifs is 5. The van der Waals surface area contributed by atoms with Crippen LogP contribution in [0.1, 0.15) is 29.0 Å². The summed E-state index contributed by atoms with van der Waals surface area (Å²) < 4.78 is 11.0. The van der Waals surface area contributed by atoms with Crippen LogP contribution in [-0.2, 0) is 0 Å². The Labute approximate surface area is 123 Å². The largest absolute Gasteiger partial charge is 0.454 e. The van der Waals surface area contributed by atoms with Crippen LogP contribution in [0.5, 0.6) is 11.5 Å². The van der Waals surface area contributed by atoms with Crippen LogP contribution in [0.2, 0.25) is 0 Å². The Bertz CT molecular complexity index is 800. The lowest BCUT2D eigenvalue weighted by Crippen LogP contribution is -2.18. The molecule has 0 saturated carbocycles. The minimum Gasteiger partial charge on any atom is -0.454 e. The monoisotopic (exact) mass is 274 g/mol. The molecule has 0 N–H and O–H groups in total. The number of rotatable bonds is 1. The van der Waals surface area contributed by atoms with E-state index in [2.05, 4.69) is 54.6 Å². The molecule has 0 amide bonds. The van der Waals surface area contributed by atoms with E-state index in [4.69, 9.17) is 9.47 Å². The summed E-state index contributed by atoms with van der Waals surface area (Å²) in [6.07, 6.45) is 5.60. The predicted molar refractivity (Wildman–Crippen MR) is 82.3 cm³/mol. The average molecular weight is 274 g/mol. The molecule has 102 valence electrons. The van der Waals surface area contributed by atoms with Crippen molar-refractivity contribution in [2.24, 2.45) is 0 Å². The zero-order valence-electron chi connectivity index (χ0n) is 11.5. The number of ether oxygens (including phenoxy) is 2. The van der Waals surface area contributed by atoms with Crippen LogP contribution in [0.15, 0.2) is 54.6 Å². The van der Waals surface area contributed by atoms with Gasteiger partial charge < -0.3 is 9.47 Å². The fraction of sp³-hybridized carbons (Fsp3) is 0.158. The lowest BCUT2D eigenvalue weighted by Gasteiger charge is -2.37. The summed E-state index contributed by atoms with van der Waals surface area (Å²) in [5.41, 5.74) is 6.89. The van der Waals surface area contributed by atoms with Crippen molar-refractivity contribution in [3.8, 4) is 11.5 Å². The molecule has 5 rings (SSSR count). The quantitative estimate of drug-likeness (QED) is 0.768. The molecule has 0 aromatic heterocycles. The Morgan fingerprint density at radius 2 is 1.71 bits per heavy atom. The minimum atomic E-state index is 0.343. The van der Waals surface area contributed by atoms with Gasteiger partial charge >= 0.3 is 0 Å². The fourth-order valence-electron chi connectivity index (χ4n) is 3.54. The van der Waals surface area contributed by atoms with Crippen molar-refractivity contribution in [1.82, 2.24) is 0 Å². The maximum Gasteiger partial charge on any atom is 0.231 e. The number of hydrogen-bond donors (Lipinski definition) is 0. The summed E-state index contributed by atoms with van der Waals surface area (Å²) >= 11 is 0. The van der Waals surface area contributed by atoms with Gasteiger partial charge in [-0.2, -0.15) is 0 Å². The van der Waals surface area contributed by atoms with Crippen LogP contribution in [-0.4, -0.2) is 6.79 Å². The highest BCUT2D eigenvalue weighted by Crippen LogP contribution is 2.55. The second-order valence-corrected chi connectivity index (χ2v) is 5.73. The van der Waals surface area contributed by atoms with Crippen molar-refractivity contribution in [3.05, 3.63) is 71.3 Å². The average Bonchev–Trinajstić information content (AvgIpc) is 3.00. The molecular weight excluding hydrogens is 260 g/mol. The van der Waals surface area contributed by atoms with E-state index in [-0.39, 0.29) is 0 Å². The van der Waals surface area contributed by atoms with Gasteiger partial charge in [0.1, 0.15) is 0 Å². The molecule has 2 heteroatoms. The van der Waals surface area contributed by atoms with E-state index in [0.29, 0.717) is 12.7 Å². The molecule has 1 heterocycles. The molecule has 1 unspecified atom stereocenters. The van der Waals surface area contributed by atoms with Crippen molar-refractivity contribution in [3.63, 3.8) is 0 Å². The summed E-state index contributed by atoms with van der Waals surface area (Å²) in [5.74, 6) is 2.28.